The van der Waals surface area contributed by atoms with Gasteiger partial charge in [-0.05, 0) is 23.8 Å². The zero-order valence-electron chi connectivity index (χ0n) is 8.91. The number of hydrogen-bond acceptors (Lipinski definition) is 2. The maximum absolute atomic E-state index is 13.2. The van der Waals surface area contributed by atoms with Gasteiger partial charge in [0.25, 0.3) is 0 Å². The molecule has 0 amide bonds. The summed E-state index contributed by atoms with van der Waals surface area (Å²) in [6.07, 6.45) is 0. The molecule has 0 heterocycles. The van der Waals surface area contributed by atoms with E-state index in [4.69, 9.17) is 10.5 Å². The third kappa shape index (κ3) is 1.84. The summed E-state index contributed by atoms with van der Waals surface area (Å²) >= 11 is 0. The number of para-hydroxylation sites is 1. The molecule has 0 aromatic heterocycles. The van der Waals surface area contributed by atoms with Crippen LogP contribution in [0.15, 0.2) is 42.5 Å². The molecule has 0 radical (unpaired) electrons. The van der Waals surface area contributed by atoms with Crippen molar-refractivity contribution < 1.29 is 9.13 Å². The second-order valence-electron chi connectivity index (χ2n) is 3.44. The number of nitrogen functional groups attached to an aromatic ring is 1. The van der Waals surface area contributed by atoms with Gasteiger partial charge in [0.1, 0.15) is 0 Å². The Balaban J connectivity index is 2.53. The molecule has 2 rings (SSSR count). The van der Waals surface area contributed by atoms with Crippen LogP contribution in [0, 0.1) is 5.82 Å². The molecule has 0 saturated heterocycles. The molecule has 0 aliphatic rings. The van der Waals surface area contributed by atoms with Crippen molar-refractivity contribution in [1.82, 2.24) is 0 Å². The molecule has 0 aliphatic carbocycles. The molecule has 2 aromatic carbocycles. The summed E-state index contributed by atoms with van der Waals surface area (Å²) in [4.78, 5) is 0. The van der Waals surface area contributed by atoms with Crippen molar-refractivity contribution in [3.63, 3.8) is 0 Å². The van der Waals surface area contributed by atoms with Crippen molar-refractivity contribution in [2.45, 2.75) is 0 Å². The van der Waals surface area contributed by atoms with Crippen molar-refractivity contribution in [1.29, 1.82) is 0 Å². The van der Waals surface area contributed by atoms with Crippen molar-refractivity contribution in [2.75, 3.05) is 12.8 Å². The number of hydrogen-bond donors (Lipinski definition) is 1. The van der Waals surface area contributed by atoms with E-state index in [2.05, 4.69) is 0 Å². The molecule has 2 aromatic rings. The summed E-state index contributed by atoms with van der Waals surface area (Å²) in [6, 6.07) is 12.2. The maximum atomic E-state index is 13.2. The first-order chi connectivity index (χ1) is 7.72. The van der Waals surface area contributed by atoms with Crippen LogP contribution in [0.4, 0.5) is 10.1 Å². The van der Waals surface area contributed by atoms with Gasteiger partial charge in [-0.2, -0.15) is 0 Å². The molecule has 16 heavy (non-hydrogen) atoms. The molecular formula is C13H12FNO. The van der Waals surface area contributed by atoms with Gasteiger partial charge in [0, 0.05) is 11.3 Å². The Morgan fingerprint density at radius 1 is 1.12 bits per heavy atom. The number of rotatable bonds is 2. The molecule has 0 spiro atoms. The highest BCUT2D eigenvalue weighted by molar-refractivity contribution is 5.76. The van der Waals surface area contributed by atoms with Crippen molar-refractivity contribution >= 4 is 5.69 Å². The van der Waals surface area contributed by atoms with Crippen LogP contribution in [0.2, 0.25) is 0 Å². The molecule has 0 unspecified atom stereocenters. The van der Waals surface area contributed by atoms with Crippen LogP contribution in [0.3, 0.4) is 0 Å². The van der Waals surface area contributed by atoms with Gasteiger partial charge in [0.05, 0.1) is 7.11 Å². The Kier molecular flexibility index (Phi) is 2.77. The van der Waals surface area contributed by atoms with Gasteiger partial charge in [-0.25, -0.2) is 4.39 Å². The number of nitrogens with two attached hydrogens (primary N) is 1. The van der Waals surface area contributed by atoms with Crippen molar-refractivity contribution in [3.8, 4) is 16.9 Å². The quantitative estimate of drug-likeness (QED) is 0.784. The Labute approximate surface area is 93.5 Å². The second kappa shape index (κ2) is 4.23. The normalized spacial score (nSPS) is 10.1. The minimum atomic E-state index is -0.374. The first kappa shape index (κ1) is 10.5. The third-order valence-electron chi connectivity index (χ3n) is 2.42. The zero-order valence-corrected chi connectivity index (χ0v) is 8.91. The molecule has 0 bridgehead atoms. The summed E-state index contributed by atoms with van der Waals surface area (Å²) in [5, 5.41) is 0. The van der Waals surface area contributed by atoms with E-state index in [9.17, 15) is 4.39 Å². The Hall–Kier alpha value is -2.03. The third-order valence-corrected chi connectivity index (χ3v) is 2.42. The molecule has 3 heteroatoms. The SMILES string of the molecule is COc1cc(-c2ccccc2N)ccc1F. The summed E-state index contributed by atoms with van der Waals surface area (Å²) < 4.78 is 18.2. The van der Waals surface area contributed by atoms with Crippen LogP contribution in [-0.2, 0) is 0 Å². The van der Waals surface area contributed by atoms with E-state index in [1.54, 1.807) is 12.1 Å². The van der Waals surface area contributed by atoms with E-state index in [-0.39, 0.29) is 11.6 Å². The molecule has 0 fully saturated rings. The summed E-state index contributed by atoms with van der Waals surface area (Å²) in [5.74, 6) is -0.151. The number of anilines is 1. The predicted octanol–water partition coefficient (Wildman–Crippen LogP) is 3.08. The second-order valence-corrected chi connectivity index (χ2v) is 3.44. The maximum Gasteiger partial charge on any atom is 0.165 e. The molecule has 2 nitrogen and oxygen atoms in total. The van der Waals surface area contributed by atoms with E-state index in [0.717, 1.165) is 11.1 Å². The van der Waals surface area contributed by atoms with Crippen LogP contribution < -0.4 is 10.5 Å². The van der Waals surface area contributed by atoms with E-state index < -0.39 is 0 Å². The number of benzene rings is 2. The van der Waals surface area contributed by atoms with Gasteiger partial charge >= 0.3 is 0 Å². The van der Waals surface area contributed by atoms with Crippen LogP contribution >= 0.6 is 0 Å². The molecule has 0 aliphatic heterocycles. The Bertz CT molecular complexity index is 511. The molecular weight excluding hydrogens is 205 g/mol. The van der Waals surface area contributed by atoms with E-state index in [1.807, 2.05) is 24.3 Å². The van der Waals surface area contributed by atoms with Gasteiger partial charge in [-0.3, -0.25) is 0 Å². The van der Waals surface area contributed by atoms with Gasteiger partial charge in [-0.15, -0.1) is 0 Å². The van der Waals surface area contributed by atoms with Crippen molar-refractivity contribution in [2.24, 2.45) is 0 Å². The fourth-order valence-electron chi connectivity index (χ4n) is 1.59. The highest BCUT2D eigenvalue weighted by atomic mass is 19.1. The van der Waals surface area contributed by atoms with Crippen LogP contribution in [-0.4, -0.2) is 7.11 Å². The summed E-state index contributed by atoms with van der Waals surface area (Å²) in [6.45, 7) is 0. The molecule has 2 N–H and O–H groups in total. The first-order valence-corrected chi connectivity index (χ1v) is 4.91. The van der Waals surface area contributed by atoms with Gasteiger partial charge in [0.2, 0.25) is 0 Å². The van der Waals surface area contributed by atoms with Gasteiger partial charge < -0.3 is 10.5 Å². The minimum absolute atomic E-state index is 0.223. The summed E-state index contributed by atoms with van der Waals surface area (Å²) in [5.41, 5.74) is 8.23. The predicted molar refractivity (Wildman–Crippen MR) is 62.8 cm³/mol. The topological polar surface area (TPSA) is 35.2 Å². The lowest BCUT2D eigenvalue weighted by Crippen LogP contribution is -1.92. The van der Waals surface area contributed by atoms with E-state index in [1.165, 1.54) is 13.2 Å². The van der Waals surface area contributed by atoms with E-state index in [0.29, 0.717) is 5.69 Å². The first-order valence-electron chi connectivity index (χ1n) is 4.91. The average molecular weight is 217 g/mol. The van der Waals surface area contributed by atoms with Crippen LogP contribution in [0.5, 0.6) is 5.75 Å². The lowest BCUT2D eigenvalue weighted by molar-refractivity contribution is 0.387. The monoisotopic (exact) mass is 217 g/mol. The highest BCUT2D eigenvalue weighted by Crippen LogP contribution is 2.29. The lowest BCUT2D eigenvalue weighted by Gasteiger charge is -2.08. The van der Waals surface area contributed by atoms with Crippen molar-refractivity contribution in [3.05, 3.63) is 48.3 Å². The average Bonchev–Trinajstić information content (AvgIpc) is 2.31. The Morgan fingerprint density at radius 3 is 2.56 bits per heavy atom. The van der Waals surface area contributed by atoms with Gasteiger partial charge in [-0.1, -0.05) is 24.3 Å². The zero-order chi connectivity index (χ0) is 11.5. The molecule has 0 saturated carbocycles. The largest absolute Gasteiger partial charge is 0.494 e. The van der Waals surface area contributed by atoms with Crippen LogP contribution in [0.1, 0.15) is 0 Å². The standard InChI is InChI=1S/C13H12FNO/c1-16-13-8-9(6-7-11(13)14)10-4-2-3-5-12(10)15/h2-8H,15H2,1H3. The van der Waals surface area contributed by atoms with Gasteiger partial charge in [0.15, 0.2) is 11.6 Å². The molecule has 0 atom stereocenters. The number of ether oxygens (including phenoxy) is 1. The minimum Gasteiger partial charge on any atom is -0.494 e. The van der Waals surface area contributed by atoms with E-state index >= 15 is 0 Å². The summed E-state index contributed by atoms with van der Waals surface area (Å²) in [7, 11) is 1.44. The number of methoxy groups -OCH3 is 1. The Morgan fingerprint density at radius 2 is 1.88 bits per heavy atom. The van der Waals surface area contributed by atoms with Crippen LogP contribution in [0.25, 0.3) is 11.1 Å². The fraction of sp³-hybridized carbons (Fsp3) is 0.0769. The lowest BCUT2D eigenvalue weighted by atomic mass is 10.0. The fourth-order valence-corrected chi connectivity index (χ4v) is 1.59. The smallest absolute Gasteiger partial charge is 0.165 e. The number of halogens is 1. The molecule has 82 valence electrons. The highest BCUT2D eigenvalue weighted by Gasteiger charge is 2.06.